The minimum Gasteiger partial charge on any atom is -0.494 e. The summed E-state index contributed by atoms with van der Waals surface area (Å²) < 4.78 is 20.5. The van der Waals surface area contributed by atoms with Gasteiger partial charge in [0, 0.05) is 24.5 Å². The Labute approximate surface area is 189 Å². The Morgan fingerprint density at radius 3 is 2.68 bits per heavy atom. The van der Waals surface area contributed by atoms with Crippen LogP contribution in [-0.4, -0.2) is 40.3 Å². The Morgan fingerprint density at radius 2 is 2.06 bits per heavy atom. The van der Waals surface area contributed by atoms with Crippen LogP contribution in [0.1, 0.15) is 35.9 Å². The molecule has 0 fully saturated rings. The van der Waals surface area contributed by atoms with Crippen LogP contribution in [-0.2, 0) is 11.3 Å². The van der Waals surface area contributed by atoms with Gasteiger partial charge in [-0.15, -0.1) is 11.3 Å². The number of halogens is 1. The molecule has 0 saturated heterocycles. The van der Waals surface area contributed by atoms with Gasteiger partial charge in [0.05, 0.1) is 18.2 Å². The summed E-state index contributed by atoms with van der Waals surface area (Å²) in [5.41, 5.74) is 1.56. The third-order valence-corrected chi connectivity index (χ3v) is 7.14. The smallest absolute Gasteiger partial charge is 0.263 e. The second-order valence-electron chi connectivity index (χ2n) is 7.63. The number of carbonyl (C=O) groups excluding carboxylic acids is 1. The number of ether oxygens (including phenoxy) is 1. The molecule has 0 aliphatic carbocycles. The lowest BCUT2D eigenvalue weighted by molar-refractivity contribution is -0.127. The molecule has 0 unspecified atom stereocenters. The molecular weight excluding hydrogens is 437 g/mol. The molecule has 3 aromatic rings. The van der Waals surface area contributed by atoms with Crippen molar-refractivity contribution in [2.45, 2.75) is 45.4 Å². The van der Waals surface area contributed by atoms with Crippen molar-refractivity contribution in [1.82, 2.24) is 14.5 Å². The summed E-state index contributed by atoms with van der Waals surface area (Å²) in [5, 5.41) is 1.19. The van der Waals surface area contributed by atoms with E-state index in [0.717, 1.165) is 10.4 Å². The number of aryl methyl sites for hydroxylation is 2. The molecule has 166 valence electrons. The lowest BCUT2D eigenvalue weighted by Crippen LogP contribution is -2.29. The van der Waals surface area contributed by atoms with Gasteiger partial charge in [0.2, 0.25) is 5.91 Å². The van der Waals surface area contributed by atoms with Gasteiger partial charge in [0.1, 0.15) is 4.83 Å². The number of methoxy groups -OCH3 is 1. The van der Waals surface area contributed by atoms with Crippen molar-refractivity contribution < 1.29 is 13.9 Å². The minimum atomic E-state index is -0.463. The van der Waals surface area contributed by atoms with Gasteiger partial charge < -0.3 is 9.64 Å². The SMILES string of the molecule is COc1ccc(CN(C)C(=O)CSc2nc3sc(C)c(C)c3c(=O)n2C(C)C)cc1F. The summed E-state index contributed by atoms with van der Waals surface area (Å²) in [6.45, 7) is 8.05. The number of hydrogen-bond donors (Lipinski definition) is 0. The van der Waals surface area contributed by atoms with Crippen LogP contribution in [0, 0.1) is 19.7 Å². The predicted molar refractivity (Wildman–Crippen MR) is 124 cm³/mol. The van der Waals surface area contributed by atoms with Crippen molar-refractivity contribution in [3.8, 4) is 5.75 Å². The van der Waals surface area contributed by atoms with Crippen LogP contribution in [0.25, 0.3) is 10.2 Å². The van der Waals surface area contributed by atoms with Crippen LogP contribution >= 0.6 is 23.1 Å². The van der Waals surface area contributed by atoms with Gasteiger partial charge in [-0.05, 0) is 51.0 Å². The number of fused-ring (bicyclic) bond motifs is 1. The first-order valence-corrected chi connectivity index (χ1v) is 11.7. The summed E-state index contributed by atoms with van der Waals surface area (Å²) in [5.74, 6) is -0.302. The maximum absolute atomic E-state index is 13.9. The van der Waals surface area contributed by atoms with E-state index in [0.29, 0.717) is 20.9 Å². The summed E-state index contributed by atoms with van der Waals surface area (Å²) in [6, 6.07) is 4.56. The highest BCUT2D eigenvalue weighted by Crippen LogP contribution is 2.29. The van der Waals surface area contributed by atoms with Crippen LogP contribution in [0.3, 0.4) is 0 Å². The van der Waals surface area contributed by atoms with Crippen LogP contribution < -0.4 is 10.3 Å². The standard InChI is InChI=1S/C22H26FN3O3S2/c1-12(2)26-21(28)19-13(3)14(4)31-20(19)24-22(26)30-11-18(27)25(5)10-15-7-8-17(29-6)16(23)9-15/h7-9,12H,10-11H2,1-6H3. The van der Waals surface area contributed by atoms with Crippen LogP contribution in [0.5, 0.6) is 5.75 Å². The number of benzene rings is 1. The zero-order chi connectivity index (χ0) is 22.9. The molecule has 0 N–H and O–H groups in total. The fourth-order valence-corrected chi connectivity index (χ4v) is 5.39. The van der Waals surface area contributed by atoms with E-state index in [1.54, 1.807) is 23.7 Å². The Hall–Kier alpha value is -2.39. The lowest BCUT2D eigenvalue weighted by atomic mass is 10.2. The first-order valence-electron chi connectivity index (χ1n) is 9.85. The molecule has 6 nitrogen and oxygen atoms in total. The van der Waals surface area contributed by atoms with Crippen molar-refractivity contribution in [3.05, 3.63) is 50.4 Å². The maximum atomic E-state index is 13.9. The average molecular weight is 464 g/mol. The van der Waals surface area contributed by atoms with E-state index >= 15 is 0 Å². The summed E-state index contributed by atoms with van der Waals surface area (Å²) in [6.07, 6.45) is 0. The van der Waals surface area contributed by atoms with Crippen LogP contribution in [0.15, 0.2) is 28.2 Å². The monoisotopic (exact) mass is 463 g/mol. The van der Waals surface area contributed by atoms with Gasteiger partial charge in [0.15, 0.2) is 16.7 Å². The molecule has 1 amide bonds. The fourth-order valence-electron chi connectivity index (χ4n) is 3.25. The number of hydrogen-bond acceptors (Lipinski definition) is 6. The van der Waals surface area contributed by atoms with Crippen molar-refractivity contribution in [3.63, 3.8) is 0 Å². The molecule has 1 aromatic carbocycles. The average Bonchev–Trinajstić information content (AvgIpc) is 2.99. The Bertz CT molecular complexity index is 1190. The number of thiophene rings is 1. The van der Waals surface area contributed by atoms with Crippen molar-refractivity contribution >= 4 is 39.2 Å². The molecule has 0 bridgehead atoms. The van der Waals surface area contributed by atoms with Gasteiger partial charge in [-0.2, -0.15) is 0 Å². The number of thioether (sulfide) groups is 1. The molecule has 2 aromatic heterocycles. The number of carbonyl (C=O) groups is 1. The van der Waals surface area contributed by atoms with Gasteiger partial charge in [-0.3, -0.25) is 14.2 Å². The molecule has 0 aliphatic rings. The normalized spacial score (nSPS) is 11.4. The van der Waals surface area contributed by atoms with Crippen molar-refractivity contribution in [2.24, 2.45) is 0 Å². The van der Waals surface area contributed by atoms with Gasteiger partial charge in [-0.1, -0.05) is 17.8 Å². The molecule has 9 heteroatoms. The van der Waals surface area contributed by atoms with Gasteiger partial charge in [-0.25, -0.2) is 9.37 Å². The zero-order valence-electron chi connectivity index (χ0n) is 18.5. The predicted octanol–water partition coefficient (Wildman–Crippen LogP) is 4.55. The molecule has 3 rings (SSSR count). The van der Waals surface area contributed by atoms with E-state index < -0.39 is 5.82 Å². The van der Waals surface area contributed by atoms with E-state index in [-0.39, 0.29) is 35.6 Å². The molecule has 0 atom stereocenters. The van der Waals surface area contributed by atoms with E-state index in [9.17, 15) is 14.0 Å². The highest BCUT2D eigenvalue weighted by molar-refractivity contribution is 7.99. The first-order chi connectivity index (χ1) is 14.6. The van der Waals surface area contributed by atoms with E-state index in [4.69, 9.17) is 9.72 Å². The highest BCUT2D eigenvalue weighted by Gasteiger charge is 2.20. The molecule has 0 spiro atoms. The Morgan fingerprint density at radius 1 is 1.35 bits per heavy atom. The van der Waals surface area contributed by atoms with E-state index in [1.165, 1.54) is 41.2 Å². The Kier molecular flexibility index (Phi) is 7.06. The van der Waals surface area contributed by atoms with Crippen LogP contribution in [0.4, 0.5) is 4.39 Å². The number of nitrogens with zero attached hydrogens (tertiary/aromatic N) is 3. The van der Waals surface area contributed by atoms with Crippen LogP contribution in [0.2, 0.25) is 0 Å². The second kappa shape index (κ2) is 9.40. The topological polar surface area (TPSA) is 64.4 Å². The Balaban J connectivity index is 1.78. The third-order valence-electron chi connectivity index (χ3n) is 5.11. The molecule has 0 radical (unpaired) electrons. The summed E-state index contributed by atoms with van der Waals surface area (Å²) >= 11 is 2.74. The van der Waals surface area contributed by atoms with E-state index in [2.05, 4.69) is 0 Å². The van der Waals surface area contributed by atoms with Gasteiger partial charge >= 0.3 is 0 Å². The molecular formula is C22H26FN3O3S2. The maximum Gasteiger partial charge on any atom is 0.263 e. The minimum absolute atomic E-state index is 0.0705. The molecule has 31 heavy (non-hydrogen) atoms. The third kappa shape index (κ3) is 4.77. The molecule has 0 aliphatic heterocycles. The molecule has 2 heterocycles. The summed E-state index contributed by atoms with van der Waals surface area (Å²) in [7, 11) is 3.08. The van der Waals surface area contributed by atoms with Crippen molar-refractivity contribution in [1.29, 1.82) is 0 Å². The van der Waals surface area contributed by atoms with Crippen molar-refractivity contribution in [2.75, 3.05) is 19.9 Å². The molecule has 0 saturated carbocycles. The number of amides is 1. The number of aromatic nitrogens is 2. The highest BCUT2D eigenvalue weighted by atomic mass is 32.2. The fraction of sp³-hybridized carbons (Fsp3) is 0.409. The first kappa shape index (κ1) is 23.3. The van der Waals surface area contributed by atoms with Gasteiger partial charge in [0.25, 0.3) is 5.56 Å². The zero-order valence-corrected chi connectivity index (χ0v) is 20.1. The lowest BCUT2D eigenvalue weighted by Gasteiger charge is -2.19. The quantitative estimate of drug-likeness (QED) is 0.380. The van der Waals surface area contributed by atoms with E-state index in [1.807, 2.05) is 27.7 Å². The summed E-state index contributed by atoms with van der Waals surface area (Å²) in [4.78, 5) is 33.8. The largest absolute Gasteiger partial charge is 0.494 e. The number of rotatable bonds is 7. The second-order valence-corrected chi connectivity index (χ2v) is 9.78.